The fourth-order valence-electron chi connectivity index (χ4n) is 7.64. The molecule has 0 amide bonds. The van der Waals surface area contributed by atoms with Crippen LogP contribution in [0.25, 0.3) is 11.0 Å². The Hall–Kier alpha value is -1.86. The molecule has 5 atom stereocenters. The summed E-state index contributed by atoms with van der Waals surface area (Å²) in [6, 6.07) is 2.14. The standard InChI is InChI=1S/C23H29BN4O2/c1-22(2)11-28-24(30-12-22)17-10-26-21-16(3-4-25-21)19(17)20(27-28)18-14-5-13-6-15(18)9-23(29,7-13)8-14/h3-4,10,13-15,18,29H,5-9,11-12H2,1-2H3,(H,25,26)/t13?,14-,15+,18?,23?. The quantitative estimate of drug-likeness (QED) is 0.717. The van der Waals surface area contributed by atoms with Gasteiger partial charge in [0.05, 0.1) is 11.3 Å². The van der Waals surface area contributed by atoms with Gasteiger partial charge >= 0.3 is 7.05 Å². The summed E-state index contributed by atoms with van der Waals surface area (Å²) >= 11 is 0. The molecule has 4 bridgehead atoms. The Morgan fingerprint density at radius 1 is 1.23 bits per heavy atom. The molecule has 2 aromatic rings. The highest BCUT2D eigenvalue weighted by Gasteiger charge is 2.57. The largest absolute Gasteiger partial charge is 0.471 e. The molecule has 5 fully saturated rings. The van der Waals surface area contributed by atoms with E-state index in [1.54, 1.807) is 0 Å². The average molecular weight is 404 g/mol. The predicted molar refractivity (Wildman–Crippen MR) is 116 cm³/mol. The van der Waals surface area contributed by atoms with Gasteiger partial charge in [0.2, 0.25) is 0 Å². The fraction of sp³-hybridized carbons (Fsp3) is 0.652. The number of H-pyrrole nitrogens is 1. The van der Waals surface area contributed by atoms with E-state index in [0.717, 1.165) is 48.9 Å². The van der Waals surface area contributed by atoms with Crippen molar-refractivity contribution >= 4 is 29.3 Å². The van der Waals surface area contributed by atoms with Gasteiger partial charge in [0.15, 0.2) is 0 Å². The van der Waals surface area contributed by atoms with Crippen LogP contribution in [0.3, 0.4) is 0 Å². The maximum atomic E-state index is 11.1. The Bertz CT molecular complexity index is 1060. The predicted octanol–water partition coefficient (Wildman–Crippen LogP) is 2.52. The van der Waals surface area contributed by atoms with Crippen LogP contribution in [0.15, 0.2) is 23.6 Å². The first kappa shape index (κ1) is 17.8. The molecule has 8 rings (SSSR count). The molecule has 6 nitrogen and oxygen atoms in total. The lowest BCUT2D eigenvalue weighted by Crippen LogP contribution is -2.63. The molecule has 30 heavy (non-hydrogen) atoms. The van der Waals surface area contributed by atoms with Gasteiger partial charge in [-0.2, -0.15) is 5.10 Å². The lowest BCUT2D eigenvalue weighted by molar-refractivity contribution is -0.138. The number of rotatable bonds is 1. The van der Waals surface area contributed by atoms with Crippen molar-refractivity contribution in [3.8, 4) is 0 Å². The molecular formula is C23H29BN4O2. The van der Waals surface area contributed by atoms with Gasteiger partial charge in [-0.15, -0.1) is 0 Å². The van der Waals surface area contributed by atoms with Crippen LogP contribution in [0.5, 0.6) is 0 Å². The van der Waals surface area contributed by atoms with Gasteiger partial charge < -0.3 is 19.7 Å². The lowest BCUT2D eigenvalue weighted by atomic mass is 9.48. The van der Waals surface area contributed by atoms with E-state index in [0.29, 0.717) is 23.7 Å². The van der Waals surface area contributed by atoms with E-state index in [1.807, 2.05) is 12.4 Å². The molecule has 2 aromatic heterocycles. The number of fused-ring (bicyclic) bond motifs is 5. The Morgan fingerprint density at radius 2 is 2.03 bits per heavy atom. The Balaban J connectivity index is 1.40. The summed E-state index contributed by atoms with van der Waals surface area (Å²) in [5, 5.41) is 17.6. The Labute approximate surface area is 177 Å². The molecule has 0 radical (unpaired) electrons. The molecule has 2 N–H and O–H groups in total. The summed E-state index contributed by atoms with van der Waals surface area (Å²) in [5.74, 6) is 2.18. The zero-order chi connectivity index (χ0) is 20.3. The number of hydrogen-bond acceptors (Lipinski definition) is 5. The van der Waals surface area contributed by atoms with Crippen molar-refractivity contribution in [2.45, 2.75) is 51.6 Å². The molecule has 0 aromatic carbocycles. The third-order valence-electron chi connectivity index (χ3n) is 8.42. The van der Waals surface area contributed by atoms with E-state index in [9.17, 15) is 5.11 Å². The highest BCUT2D eigenvalue weighted by atomic mass is 16.5. The van der Waals surface area contributed by atoms with Crippen LogP contribution in [0.1, 0.15) is 51.5 Å². The van der Waals surface area contributed by atoms with Crippen molar-refractivity contribution in [1.82, 2.24) is 14.9 Å². The SMILES string of the molecule is CC1(C)COB2c3cnc4[nH]ccc4c3C(C3[C@@H]4CC5C[C@H]3CC(O)(C5)C4)=NN2C1. The summed E-state index contributed by atoms with van der Waals surface area (Å²) in [6.45, 7) is 6.12. The van der Waals surface area contributed by atoms with Crippen molar-refractivity contribution in [2.75, 3.05) is 13.2 Å². The number of pyridine rings is 1. The molecule has 1 saturated heterocycles. The number of hydrazone groups is 1. The van der Waals surface area contributed by atoms with Gasteiger partial charge in [-0.05, 0) is 55.9 Å². The van der Waals surface area contributed by atoms with Crippen LogP contribution in [0, 0.1) is 29.1 Å². The monoisotopic (exact) mass is 404 g/mol. The smallest absolute Gasteiger partial charge is 0.411 e. The van der Waals surface area contributed by atoms with Gasteiger partial charge in [0.25, 0.3) is 0 Å². The van der Waals surface area contributed by atoms with Gasteiger partial charge in [0, 0.05) is 53.3 Å². The first-order chi connectivity index (χ1) is 14.4. The molecule has 7 heteroatoms. The van der Waals surface area contributed by atoms with Crippen LogP contribution < -0.4 is 5.46 Å². The van der Waals surface area contributed by atoms with Crippen molar-refractivity contribution in [3.63, 3.8) is 0 Å². The summed E-state index contributed by atoms with van der Waals surface area (Å²) in [6.07, 6.45) is 9.35. The molecule has 3 unspecified atom stereocenters. The van der Waals surface area contributed by atoms with Crippen molar-refractivity contribution in [1.29, 1.82) is 0 Å². The zero-order valence-electron chi connectivity index (χ0n) is 17.8. The van der Waals surface area contributed by atoms with Crippen LogP contribution in [0.4, 0.5) is 0 Å². The van der Waals surface area contributed by atoms with Gasteiger partial charge in [-0.25, -0.2) is 4.98 Å². The highest BCUT2D eigenvalue weighted by Crippen LogP contribution is 2.59. The molecule has 4 aliphatic carbocycles. The van der Waals surface area contributed by atoms with Gasteiger partial charge in [0.1, 0.15) is 5.65 Å². The zero-order valence-corrected chi connectivity index (χ0v) is 17.8. The number of nitrogens with one attached hydrogen (secondary N) is 1. The maximum absolute atomic E-state index is 11.1. The number of aromatic amines is 1. The molecule has 4 saturated carbocycles. The van der Waals surface area contributed by atoms with Crippen molar-refractivity contribution < 1.29 is 9.76 Å². The molecule has 4 heterocycles. The Kier molecular flexibility index (Phi) is 3.37. The second-order valence-electron chi connectivity index (χ2n) is 11.5. The number of aromatic nitrogens is 2. The minimum atomic E-state index is -0.425. The number of nitrogens with zero attached hydrogens (tertiary/aromatic N) is 3. The van der Waals surface area contributed by atoms with Gasteiger partial charge in [-0.3, -0.25) is 0 Å². The third-order valence-corrected chi connectivity index (χ3v) is 8.42. The number of aliphatic hydroxyl groups is 1. The lowest BCUT2D eigenvalue weighted by Gasteiger charge is -2.58. The topological polar surface area (TPSA) is 73.7 Å². The van der Waals surface area contributed by atoms with E-state index < -0.39 is 5.60 Å². The van der Waals surface area contributed by atoms with Gasteiger partial charge in [-0.1, -0.05) is 13.8 Å². The first-order valence-corrected chi connectivity index (χ1v) is 11.5. The summed E-state index contributed by atoms with van der Waals surface area (Å²) < 4.78 is 6.35. The Morgan fingerprint density at radius 3 is 2.80 bits per heavy atom. The fourth-order valence-corrected chi connectivity index (χ4v) is 7.64. The van der Waals surface area contributed by atoms with E-state index in [4.69, 9.17) is 14.7 Å². The molecule has 0 spiro atoms. The van der Waals surface area contributed by atoms with E-state index in [1.165, 1.54) is 24.1 Å². The normalized spacial score (nSPS) is 38.6. The van der Waals surface area contributed by atoms with E-state index >= 15 is 0 Å². The highest BCUT2D eigenvalue weighted by molar-refractivity contribution is 6.67. The summed E-state index contributed by atoms with van der Waals surface area (Å²) in [5.41, 5.74) is 4.21. The molecule has 6 aliphatic rings. The third kappa shape index (κ3) is 2.39. The van der Waals surface area contributed by atoms with Crippen LogP contribution in [-0.2, 0) is 4.65 Å². The number of hydrogen-bond donors (Lipinski definition) is 2. The maximum Gasteiger partial charge on any atom is 0.471 e. The first-order valence-electron chi connectivity index (χ1n) is 11.5. The molecular weight excluding hydrogens is 375 g/mol. The minimum absolute atomic E-state index is 0.0768. The second kappa shape index (κ2) is 5.68. The second-order valence-corrected chi connectivity index (χ2v) is 11.5. The van der Waals surface area contributed by atoms with Crippen molar-refractivity contribution in [3.05, 3.63) is 24.0 Å². The molecule has 2 aliphatic heterocycles. The molecule has 156 valence electrons. The average Bonchev–Trinajstić information content (AvgIpc) is 3.14. The van der Waals surface area contributed by atoms with Crippen LogP contribution in [0.2, 0.25) is 0 Å². The van der Waals surface area contributed by atoms with E-state index in [2.05, 4.69) is 29.8 Å². The van der Waals surface area contributed by atoms with Crippen LogP contribution in [-0.4, -0.2) is 51.5 Å². The van der Waals surface area contributed by atoms with Crippen LogP contribution >= 0.6 is 0 Å². The minimum Gasteiger partial charge on any atom is -0.411 e. The summed E-state index contributed by atoms with van der Waals surface area (Å²) in [7, 11) is -0.149. The van der Waals surface area contributed by atoms with E-state index in [-0.39, 0.29) is 12.5 Å². The van der Waals surface area contributed by atoms with Crippen molar-refractivity contribution in [2.24, 2.45) is 34.2 Å². The summed E-state index contributed by atoms with van der Waals surface area (Å²) in [4.78, 5) is 10.2.